The van der Waals surface area contributed by atoms with Crippen LogP contribution in [0.15, 0.2) is 46.9 Å². The Balaban J connectivity index is 2.03. The van der Waals surface area contributed by atoms with Gasteiger partial charge in [-0.3, -0.25) is 4.79 Å². The lowest BCUT2D eigenvalue weighted by molar-refractivity contribution is -0.115. The van der Waals surface area contributed by atoms with Gasteiger partial charge in [0.15, 0.2) is 0 Å². The number of methoxy groups -OCH3 is 1. The Labute approximate surface area is 148 Å². The van der Waals surface area contributed by atoms with Crippen molar-refractivity contribution in [3.8, 4) is 5.75 Å². The second-order valence-corrected chi connectivity index (χ2v) is 6.19. The third kappa shape index (κ3) is 5.86. The van der Waals surface area contributed by atoms with Crippen molar-refractivity contribution >= 4 is 39.1 Å². The summed E-state index contributed by atoms with van der Waals surface area (Å²) in [6.07, 6.45) is 0.275. The number of anilines is 1. The van der Waals surface area contributed by atoms with E-state index in [4.69, 9.17) is 21.1 Å². The van der Waals surface area contributed by atoms with Crippen molar-refractivity contribution in [2.75, 3.05) is 25.6 Å². The van der Waals surface area contributed by atoms with Gasteiger partial charge < -0.3 is 14.8 Å². The van der Waals surface area contributed by atoms with Gasteiger partial charge in [0.2, 0.25) is 5.91 Å². The smallest absolute Gasteiger partial charge is 0.228 e. The van der Waals surface area contributed by atoms with E-state index in [0.29, 0.717) is 29.7 Å². The Kier molecular flexibility index (Phi) is 6.89. The molecule has 0 spiro atoms. The van der Waals surface area contributed by atoms with E-state index < -0.39 is 0 Å². The van der Waals surface area contributed by atoms with Gasteiger partial charge in [-0.25, -0.2) is 0 Å². The van der Waals surface area contributed by atoms with Crippen molar-refractivity contribution in [3.05, 3.63) is 57.5 Å². The summed E-state index contributed by atoms with van der Waals surface area (Å²) in [6, 6.07) is 12.7. The lowest BCUT2D eigenvalue weighted by atomic mass is 10.1. The summed E-state index contributed by atoms with van der Waals surface area (Å²) in [5, 5.41) is 3.37. The second kappa shape index (κ2) is 8.91. The molecule has 0 saturated carbocycles. The molecule has 2 aromatic rings. The van der Waals surface area contributed by atoms with Crippen molar-refractivity contribution < 1.29 is 14.3 Å². The predicted octanol–water partition coefficient (Wildman–Crippen LogP) is 4.31. The highest BCUT2D eigenvalue weighted by molar-refractivity contribution is 9.10. The highest BCUT2D eigenvalue weighted by Gasteiger charge is 2.10. The third-order valence-electron chi connectivity index (χ3n) is 3.04. The Morgan fingerprint density at radius 3 is 2.61 bits per heavy atom. The summed E-state index contributed by atoms with van der Waals surface area (Å²) in [7, 11) is 1.60. The molecule has 122 valence electrons. The van der Waals surface area contributed by atoms with E-state index >= 15 is 0 Å². The molecule has 23 heavy (non-hydrogen) atoms. The molecule has 0 saturated heterocycles. The number of hydrogen-bond acceptors (Lipinski definition) is 3. The van der Waals surface area contributed by atoms with Gasteiger partial charge >= 0.3 is 0 Å². The number of ether oxygens (including phenoxy) is 2. The Bertz CT molecular complexity index is 661. The van der Waals surface area contributed by atoms with Gasteiger partial charge in [0.25, 0.3) is 0 Å². The van der Waals surface area contributed by atoms with Crippen LogP contribution in [-0.4, -0.2) is 26.2 Å². The van der Waals surface area contributed by atoms with E-state index in [2.05, 4.69) is 21.2 Å². The molecule has 0 unspecified atom stereocenters. The molecule has 2 aromatic carbocycles. The number of benzene rings is 2. The minimum Gasteiger partial charge on any atom is -0.489 e. The van der Waals surface area contributed by atoms with Crippen LogP contribution in [0.5, 0.6) is 5.75 Å². The van der Waals surface area contributed by atoms with Crippen molar-refractivity contribution in [1.29, 1.82) is 0 Å². The van der Waals surface area contributed by atoms with E-state index in [1.807, 2.05) is 24.3 Å². The van der Waals surface area contributed by atoms with Crippen molar-refractivity contribution in [3.63, 3.8) is 0 Å². The maximum absolute atomic E-state index is 12.2. The average molecular weight is 399 g/mol. The van der Waals surface area contributed by atoms with Crippen LogP contribution in [0.2, 0.25) is 5.02 Å². The largest absolute Gasteiger partial charge is 0.489 e. The molecule has 0 fully saturated rings. The number of halogens is 2. The van der Waals surface area contributed by atoms with Gasteiger partial charge in [-0.05, 0) is 35.9 Å². The van der Waals surface area contributed by atoms with Gasteiger partial charge in [0.05, 0.1) is 18.7 Å². The Morgan fingerprint density at radius 1 is 1.17 bits per heavy atom. The zero-order valence-corrected chi connectivity index (χ0v) is 15.0. The summed E-state index contributed by atoms with van der Waals surface area (Å²) in [5.74, 6) is 0.432. The van der Waals surface area contributed by atoms with Crippen LogP contribution in [0.4, 0.5) is 5.69 Å². The number of hydrogen-bond donors (Lipinski definition) is 1. The highest BCUT2D eigenvalue weighted by atomic mass is 79.9. The topological polar surface area (TPSA) is 47.6 Å². The van der Waals surface area contributed by atoms with Gasteiger partial charge in [-0.1, -0.05) is 39.7 Å². The van der Waals surface area contributed by atoms with E-state index in [1.165, 1.54) is 0 Å². The molecule has 1 N–H and O–H groups in total. The molecule has 0 aromatic heterocycles. The van der Waals surface area contributed by atoms with Gasteiger partial charge in [-0.15, -0.1) is 0 Å². The zero-order valence-electron chi connectivity index (χ0n) is 12.6. The molecule has 0 atom stereocenters. The average Bonchev–Trinajstić information content (AvgIpc) is 2.52. The lowest BCUT2D eigenvalue weighted by Crippen LogP contribution is -2.15. The molecule has 0 aliphatic rings. The van der Waals surface area contributed by atoms with Crippen molar-refractivity contribution in [2.24, 2.45) is 0 Å². The second-order valence-electron chi connectivity index (χ2n) is 4.83. The Morgan fingerprint density at radius 2 is 1.91 bits per heavy atom. The van der Waals surface area contributed by atoms with Crippen LogP contribution >= 0.6 is 27.5 Å². The molecular weight excluding hydrogens is 382 g/mol. The Hall–Kier alpha value is -1.56. The maximum Gasteiger partial charge on any atom is 0.228 e. The van der Waals surface area contributed by atoms with Gasteiger partial charge in [0.1, 0.15) is 12.4 Å². The number of carbonyl (C=O) groups is 1. The SMILES string of the molecule is COCCOc1ccc(Cl)cc1NC(=O)Cc1ccc(Br)cc1. The molecule has 1 amide bonds. The molecular formula is C17H17BrClNO3. The van der Waals surface area contributed by atoms with E-state index in [0.717, 1.165) is 10.0 Å². The van der Waals surface area contributed by atoms with Crippen LogP contribution < -0.4 is 10.1 Å². The normalized spacial score (nSPS) is 10.4. The molecule has 0 aliphatic carbocycles. The quantitative estimate of drug-likeness (QED) is 0.707. The van der Waals surface area contributed by atoms with E-state index in [9.17, 15) is 4.79 Å². The first-order chi connectivity index (χ1) is 11.1. The minimum atomic E-state index is -0.133. The van der Waals surface area contributed by atoms with Crippen molar-refractivity contribution in [1.82, 2.24) is 0 Å². The van der Waals surface area contributed by atoms with E-state index in [1.54, 1.807) is 25.3 Å². The minimum absolute atomic E-state index is 0.133. The van der Waals surface area contributed by atoms with Crippen LogP contribution in [0.25, 0.3) is 0 Å². The molecule has 0 radical (unpaired) electrons. The standard InChI is InChI=1S/C17H17BrClNO3/c1-22-8-9-23-16-7-6-14(19)11-15(16)20-17(21)10-12-2-4-13(18)5-3-12/h2-7,11H,8-10H2,1H3,(H,20,21). The molecule has 2 rings (SSSR count). The lowest BCUT2D eigenvalue weighted by Gasteiger charge is -2.13. The monoisotopic (exact) mass is 397 g/mol. The van der Waals surface area contributed by atoms with Crippen LogP contribution in [-0.2, 0) is 16.0 Å². The third-order valence-corrected chi connectivity index (χ3v) is 3.80. The fourth-order valence-electron chi connectivity index (χ4n) is 1.94. The van der Waals surface area contributed by atoms with Crippen LogP contribution in [0.1, 0.15) is 5.56 Å². The summed E-state index contributed by atoms with van der Waals surface area (Å²) < 4.78 is 11.5. The maximum atomic E-state index is 12.2. The van der Waals surface area contributed by atoms with Gasteiger partial charge in [-0.2, -0.15) is 0 Å². The highest BCUT2D eigenvalue weighted by Crippen LogP contribution is 2.28. The van der Waals surface area contributed by atoms with Crippen LogP contribution in [0.3, 0.4) is 0 Å². The number of carbonyl (C=O) groups excluding carboxylic acids is 1. The van der Waals surface area contributed by atoms with Gasteiger partial charge in [0, 0.05) is 16.6 Å². The first-order valence-electron chi connectivity index (χ1n) is 7.04. The molecule has 0 bridgehead atoms. The van der Waals surface area contributed by atoms with Crippen LogP contribution in [0, 0.1) is 0 Å². The fourth-order valence-corrected chi connectivity index (χ4v) is 2.38. The molecule has 0 aliphatic heterocycles. The first kappa shape index (κ1) is 17.8. The summed E-state index contributed by atoms with van der Waals surface area (Å²) in [5.41, 5.74) is 1.48. The predicted molar refractivity (Wildman–Crippen MR) is 95.3 cm³/mol. The molecule has 6 heteroatoms. The summed E-state index contributed by atoms with van der Waals surface area (Å²) >= 11 is 9.37. The van der Waals surface area contributed by atoms with Crippen molar-refractivity contribution in [2.45, 2.75) is 6.42 Å². The number of amides is 1. The number of nitrogens with one attached hydrogen (secondary N) is 1. The first-order valence-corrected chi connectivity index (χ1v) is 8.21. The summed E-state index contributed by atoms with van der Waals surface area (Å²) in [4.78, 5) is 12.2. The number of rotatable bonds is 7. The summed E-state index contributed by atoms with van der Waals surface area (Å²) in [6.45, 7) is 0.864. The zero-order chi connectivity index (χ0) is 16.7. The molecule has 0 heterocycles. The van der Waals surface area contributed by atoms with E-state index in [-0.39, 0.29) is 12.3 Å². The fraction of sp³-hybridized carbons (Fsp3) is 0.235. The molecule has 4 nitrogen and oxygen atoms in total.